The monoisotopic (exact) mass is 380 g/mol. The molecule has 0 heterocycles. The zero-order chi connectivity index (χ0) is 19.4. The second-order valence-electron chi connectivity index (χ2n) is 5.91. The van der Waals surface area contributed by atoms with Crippen LogP contribution in [0, 0.1) is 0 Å². The minimum Gasteiger partial charge on any atom is -0.423 e. The number of carbonyl (C=O) groups excluding carboxylic acids is 2. The molecule has 3 aromatic carbocycles. The standard InChI is InChI=1S/C21H16O5S/c1-27(24,25)19-9-5-8-17(14-19)21(23)26-18-12-10-16(11-13-18)20(22)15-6-3-2-4-7-15/h2-14H,1H3. The normalized spacial score (nSPS) is 11.0. The molecule has 0 N–H and O–H groups in total. The Balaban J connectivity index is 1.75. The first-order chi connectivity index (χ1) is 12.8. The maximum absolute atomic E-state index is 12.4. The van der Waals surface area contributed by atoms with Crippen LogP contribution in [0.2, 0.25) is 0 Å². The zero-order valence-electron chi connectivity index (χ0n) is 14.5. The number of ketones is 1. The summed E-state index contributed by atoms with van der Waals surface area (Å²) in [6, 6.07) is 20.7. The lowest BCUT2D eigenvalue weighted by Gasteiger charge is -2.07. The van der Waals surface area contributed by atoms with Crippen molar-refractivity contribution in [1.29, 1.82) is 0 Å². The molecular weight excluding hydrogens is 364 g/mol. The average molecular weight is 380 g/mol. The van der Waals surface area contributed by atoms with Crippen molar-refractivity contribution < 1.29 is 22.7 Å². The van der Waals surface area contributed by atoms with E-state index >= 15 is 0 Å². The summed E-state index contributed by atoms with van der Waals surface area (Å²) in [4.78, 5) is 24.7. The molecule has 0 aliphatic rings. The number of esters is 1. The quantitative estimate of drug-likeness (QED) is 0.384. The van der Waals surface area contributed by atoms with Gasteiger partial charge in [-0.2, -0.15) is 0 Å². The lowest BCUT2D eigenvalue weighted by Crippen LogP contribution is -2.10. The molecular formula is C21H16O5S. The molecule has 0 unspecified atom stereocenters. The van der Waals surface area contributed by atoms with Gasteiger partial charge in [-0.3, -0.25) is 4.79 Å². The highest BCUT2D eigenvalue weighted by atomic mass is 32.2. The zero-order valence-corrected chi connectivity index (χ0v) is 15.3. The number of hydrogen-bond acceptors (Lipinski definition) is 5. The molecule has 0 atom stereocenters. The fourth-order valence-electron chi connectivity index (χ4n) is 2.45. The second kappa shape index (κ2) is 7.55. The van der Waals surface area contributed by atoms with Crippen LogP contribution in [0.5, 0.6) is 5.75 Å². The van der Waals surface area contributed by atoms with Crippen molar-refractivity contribution in [3.8, 4) is 5.75 Å². The highest BCUT2D eigenvalue weighted by Gasteiger charge is 2.14. The van der Waals surface area contributed by atoms with Gasteiger partial charge in [0.2, 0.25) is 0 Å². The van der Waals surface area contributed by atoms with Gasteiger partial charge in [0.1, 0.15) is 5.75 Å². The van der Waals surface area contributed by atoms with Gasteiger partial charge in [-0.15, -0.1) is 0 Å². The van der Waals surface area contributed by atoms with Crippen molar-refractivity contribution in [3.05, 3.63) is 95.6 Å². The number of carbonyl (C=O) groups is 2. The van der Waals surface area contributed by atoms with E-state index in [0.29, 0.717) is 11.1 Å². The van der Waals surface area contributed by atoms with Gasteiger partial charge in [0.25, 0.3) is 0 Å². The van der Waals surface area contributed by atoms with Crippen LogP contribution in [0.3, 0.4) is 0 Å². The van der Waals surface area contributed by atoms with Crippen molar-refractivity contribution in [2.75, 3.05) is 6.26 Å². The van der Waals surface area contributed by atoms with E-state index in [-0.39, 0.29) is 22.0 Å². The molecule has 0 spiro atoms. The summed E-state index contributed by atoms with van der Waals surface area (Å²) in [5.74, 6) is -0.550. The molecule has 136 valence electrons. The van der Waals surface area contributed by atoms with E-state index in [1.165, 1.54) is 36.4 Å². The van der Waals surface area contributed by atoms with E-state index in [1.807, 2.05) is 6.07 Å². The van der Waals surface area contributed by atoms with Gasteiger partial charge in [-0.25, -0.2) is 13.2 Å². The van der Waals surface area contributed by atoms with Crippen molar-refractivity contribution in [2.45, 2.75) is 4.90 Å². The minimum absolute atomic E-state index is 0.0424. The predicted octanol–water partition coefficient (Wildman–Crippen LogP) is 3.54. The van der Waals surface area contributed by atoms with E-state index in [9.17, 15) is 18.0 Å². The summed E-state index contributed by atoms with van der Waals surface area (Å²) in [6.45, 7) is 0. The van der Waals surface area contributed by atoms with Crippen LogP contribution in [-0.2, 0) is 9.84 Å². The van der Waals surface area contributed by atoms with Gasteiger partial charge in [-0.05, 0) is 42.5 Å². The third kappa shape index (κ3) is 4.48. The van der Waals surface area contributed by atoms with Crippen molar-refractivity contribution in [1.82, 2.24) is 0 Å². The third-order valence-electron chi connectivity index (χ3n) is 3.86. The van der Waals surface area contributed by atoms with Crippen LogP contribution in [0.15, 0.2) is 83.8 Å². The Morgan fingerprint density at radius 2 is 1.33 bits per heavy atom. The van der Waals surface area contributed by atoms with Crippen LogP contribution in [0.1, 0.15) is 26.3 Å². The highest BCUT2D eigenvalue weighted by Crippen LogP contribution is 2.18. The molecule has 0 aliphatic carbocycles. The lowest BCUT2D eigenvalue weighted by molar-refractivity contribution is 0.0734. The SMILES string of the molecule is CS(=O)(=O)c1cccc(C(=O)Oc2ccc(C(=O)c3ccccc3)cc2)c1. The summed E-state index contributed by atoms with van der Waals surface area (Å²) >= 11 is 0. The Hall–Kier alpha value is -3.25. The van der Waals surface area contributed by atoms with Crippen LogP contribution < -0.4 is 4.74 Å². The maximum atomic E-state index is 12.4. The van der Waals surface area contributed by atoms with Crippen LogP contribution in [0.4, 0.5) is 0 Å². The van der Waals surface area contributed by atoms with Gasteiger partial charge in [0, 0.05) is 17.4 Å². The van der Waals surface area contributed by atoms with E-state index in [2.05, 4.69) is 0 Å². The first-order valence-electron chi connectivity index (χ1n) is 8.07. The molecule has 0 radical (unpaired) electrons. The second-order valence-corrected chi connectivity index (χ2v) is 7.92. The van der Waals surface area contributed by atoms with Gasteiger partial charge in [0.15, 0.2) is 15.6 Å². The van der Waals surface area contributed by atoms with Crippen molar-refractivity contribution in [2.24, 2.45) is 0 Å². The topological polar surface area (TPSA) is 77.5 Å². The highest BCUT2D eigenvalue weighted by molar-refractivity contribution is 7.90. The molecule has 3 aromatic rings. The average Bonchev–Trinajstić information content (AvgIpc) is 2.68. The van der Waals surface area contributed by atoms with Gasteiger partial charge < -0.3 is 4.74 Å². The molecule has 27 heavy (non-hydrogen) atoms. The Morgan fingerprint density at radius 1 is 0.741 bits per heavy atom. The van der Waals surface area contributed by atoms with Gasteiger partial charge in [-0.1, -0.05) is 36.4 Å². The van der Waals surface area contributed by atoms with E-state index < -0.39 is 15.8 Å². The molecule has 5 nitrogen and oxygen atoms in total. The summed E-state index contributed by atoms with van der Waals surface area (Å²) in [5, 5.41) is 0. The Labute approximate surface area is 157 Å². The lowest BCUT2D eigenvalue weighted by atomic mass is 10.0. The summed E-state index contributed by atoms with van der Waals surface area (Å²) in [6.07, 6.45) is 1.07. The molecule has 0 saturated heterocycles. The first kappa shape index (κ1) is 18.5. The summed E-state index contributed by atoms with van der Waals surface area (Å²) in [7, 11) is -3.42. The largest absolute Gasteiger partial charge is 0.423 e. The molecule has 0 aromatic heterocycles. The number of ether oxygens (including phenoxy) is 1. The summed E-state index contributed by atoms with van der Waals surface area (Å²) in [5.41, 5.74) is 1.17. The Kier molecular flexibility index (Phi) is 5.19. The van der Waals surface area contributed by atoms with Crippen LogP contribution in [-0.4, -0.2) is 26.4 Å². The maximum Gasteiger partial charge on any atom is 0.343 e. The fraction of sp³-hybridized carbons (Fsp3) is 0.0476. The molecule has 0 bridgehead atoms. The number of rotatable bonds is 5. The van der Waals surface area contributed by atoms with Gasteiger partial charge >= 0.3 is 5.97 Å². The van der Waals surface area contributed by atoms with Crippen molar-refractivity contribution >= 4 is 21.6 Å². The Morgan fingerprint density at radius 3 is 1.96 bits per heavy atom. The van der Waals surface area contributed by atoms with Crippen molar-refractivity contribution in [3.63, 3.8) is 0 Å². The van der Waals surface area contributed by atoms with E-state index in [4.69, 9.17) is 4.74 Å². The Bertz CT molecular complexity index is 1080. The molecule has 6 heteroatoms. The number of sulfone groups is 1. The fourth-order valence-corrected chi connectivity index (χ4v) is 3.12. The number of hydrogen-bond donors (Lipinski definition) is 0. The molecule has 3 rings (SSSR count). The third-order valence-corrected chi connectivity index (χ3v) is 4.97. The van der Waals surface area contributed by atoms with E-state index in [0.717, 1.165) is 6.26 Å². The molecule has 0 fully saturated rings. The first-order valence-corrected chi connectivity index (χ1v) is 9.96. The smallest absolute Gasteiger partial charge is 0.343 e. The summed E-state index contributed by atoms with van der Waals surface area (Å²) < 4.78 is 28.5. The molecule has 0 saturated carbocycles. The number of benzene rings is 3. The van der Waals surface area contributed by atoms with Crippen LogP contribution >= 0.6 is 0 Å². The molecule has 0 aliphatic heterocycles. The van der Waals surface area contributed by atoms with Crippen LogP contribution in [0.25, 0.3) is 0 Å². The van der Waals surface area contributed by atoms with E-state index in [1.54, 1.807) is 36.4 Å². The minimum atomic E-state index is -3.42. The van der Waals surface area contributed by atoms with Gasteiger partial charge in [0.05, 0.1) is 10.5 Å². The predicted molar refractivity (Wildman–Crippen MR) is 101 cm³/mol. The molecule has 0 amide bonds.